The van der Waals surface area contributed by atoms with Gasteiger partial charge in [-0.25, -0.2) is 14.8 Å². The lowest BCUT2D eigenvalue weighted by Gasteiger charge is -2.01. The molecule has 5 nitrogen and oxygen atoms in total. The molecule has 0 radical (unpaired) electrons. The van der Waals surface area contributed by atoms with E-state index in [1.165, 1.54) is 4.57 Å². The van der Waals surface area contributed by atoms with Crippen LogP contribution in [0.2, 0.25) is 5.15 Å². The van der Waals surface area contributed by atoms with Gasteiger partial charge in [0.05, 0.1) is 6.54 Å². The molecule has 3 heterocycles. The van der Waals surface area contributed by atoms with Crippen molar-refractivity contribution in [3.05, 3.63) is 57.9 Å². The highest BCUT2D eigenvalue weighted by Crippen LogP contribution is 2.12. The molecule has 0 N–H and O–H groups in total. The SMILES string of the molecule is O=c1oc2cccnc2n1Cc1ccnc(Cl)c1. The zero-order valence-corrected chi connectivity index (χ0v) is 9.96. The Hall–Kier alpha value is -2.14. The van der Waals surface area contributed by atoms with Crippen LogP contribution in [0.5, 0.6) is 0 Å². The monoisotopic (exact) mass is 261 g/mol. The fraction of sp³-hybridized carbons (Fsp3) is 0.0833. The Kier molecular flexibility index (Phi) is 2.60. The zero-order chi connectivity index (χ0) is 12.5. The molecule has 3 aromatic heterocycles. The summed E-state index contributed by atoms with van der Waals surface area (Å²) in [5.74, 6) is -0.434. The Balaban J connectivity index is 2.10. The fourth-order valence-corrected chi connectivity index (χ4v) is 1.96. The quantitative estimate of drug-likeness (QED) is 0.663. The van der Waals surface area contributed by atoms with Gasteiger partial charge in [-0.15, -0.1) is 0 Å². The maximum Gasteiger partial charge on any atom is 0.421 e. The number of fused-ring (bicyclic) bond motifs is 1. The number of oxazole rings is 1. The molecule has 18 heavy (non-hydrogen) atoms. The van der Waals surface area contributed by atoms with E-state index in [0.717, 1.165) is 5.56 Å². The van der Waals surface area contributed by atoms with Crippen molar-refractivity contribution in [2.75, 3.05) is 0 Å². The van der Waals surface area contributed by atoms with Crippen molar-refractivity contribution in [3.8, 4) is 0 Å². The van der Waals surface area contributed by atoms with E-state index in [4.69, 9.17) is 16.0 Å². The smallest absolute Gasteiger partial charge is 0.406 e. The van der Waals surface area contributed by atoms with Crippen LogP contribution in [-0.4, -0.2) is 14.5 Å². The highest BCUT2D eigenvalue weighted by atomic mass is 35.5. The number of hydrogen-bond acceptors (Lipinski definition) is 4. The highest BCUT2D eigenvalue weighted by molar-refractivity contribution is 6.29. The van der Waals surface area contributed by atoms with E-state index in [1.807, 2.05) is 0 Å². The van der Waals surface area contributed by atoms with Gasteiger partial charge in [-0.05, 0) is 29.8 Å². The van der Waals surface area contributed by atoms with Crippen LogP contribution in [0.3, 0.4) is 0 Å². The van der Waals surface area contributed by atoms with Crippen LogP contribution in [0.15, 0.2) is 45.9 Å². The number of nitrogens with zero attached hydrogens (tertiary/aromatic N) is 3. The minimum Gasteiger partial charge on any atom is -0.406 e. The van der Waals surface area contributed by atoms with Gasteiger partial charge in [0.25, 0.3) is 0 Å². The van der Waals surface area contributed by atoms with Crippen molar-refractivity contribution < 1.29 is 4.42 Å². The number of rotatable bonds is 2. The summed E-state index contributed by atoms with van der Waals surface area (Å²) < 4.78 is 6.56. The molecule has 0 aliphatic carbocycles. The molecule has 6 heteroatoms. The largest absolute Gasteiger partial charge is 0.421 e. The fourth-order valence-electron chi connectivity index (χ4n) is 1.76. The maximum absolute atomic E-state index is 11.7. The summed E-state index contributed by atoms with van der Waals surface area (Å²) >= 11 is 5.81. The highest BCUT2D eigenvalue weighted by Gasteiger charge is 2.10. The Morgan fingerprint density at radius 2 is 2.17 bits per heavy atom. The van der Waals surface area contributed by atoms with Gasteiger partial charge in [0.15, 0.2) is 11.2 Å². The lowest BCUT2D eigenvalue weighted by atomic mass is 10.3. The Bertz CT molecular complexity index is 763. The van der Waals surface area contributed by atoms with Crippen molar-refractivity contribution in [1.29, 1.82) is 0 Å². The second-order valence-electron chi connectivity index (χ2n) is 3.77. The van der Waals surface area contributed by atoms with E-state index in [-0.39, 0.29) is 0 Å². The lowest BCUT2D eigenvalue weighted by molar-refractivity contribution is 0.517. The van der Waals surface area contributed by atoms with Gasteiger partial charge in [-0.2, -0.15) is 0 Å². The van der Waals surface area contributed by atoms with Crippen LogP contribution in [0, 0.1) is 0 Å². The molecule has 3 rings (SSSR count). The topological polar surface area (TPSA) is 60.9 Å². The average molecular weight is 262 g/mol. The van der Waals surface area contributed by atoms with Crippen LogP contribution in [0.25, 0.3) is 11.2 Å². The summed E-state index contributed by atoms with van der Waals surface area (Å²) in [5.41, 5.74) is 1.86. The Labute approximate surface area is 107 Å². The van der Waals surface area contributed by atoms with Crippen LogP contribution in [-0.2, 0) is 6.54 Å². The standard InChI is InChI=1S/C12H8ClN3O2/c13-10-6-8(3-5-14-10)7-16-11-9(18-12(16)17)2-1-4-15-11/h1-6H,7H2. The third-order valence-electron chi connectivity index (χ3n) is 2.56. The first kappa shape index (κ1) is 11.0. The molecule has 3 aromatic rings. The minimum absolute atomic E-state index is 0.352. The number of hydrogen-bond donors (Lipinski definition) is 0. The van der Waals surface area contributed by atoms with Crippen molar-refractivity contribution in [3.63, 3.8) is 0 Å². The van der Waals surface area contributed by atoms with Crippen molar-refractivity contribution in [2.45, 2.75) is 6.54 Å². The van der Waals surface area contributed by atoms with Crippen molar-refractivity contribution in [2.24, 2.45) is 0 Å². The zero-order valence-electron chi connectivity index (χ0n) is 9.21. The molecule has 0 atom stereocenters. The molecule has 90 valence electrons. The minimum atomic E-state index is -0.434. The molecule has 0 aliphatic heterocycles. The second-order valence-corrected chi connectivity index (χ2v) is 4.15. The molecule has 0 aromatic carbocycles. The summed E-state index contributed by atoms with van der Waals surface area (Å²) in [6.45, 7) is 0.352. The molecule has 0 saturated heterocycles. The molecule has 0 fully saturated rings. The second kappa shape index (κ2) is 4.27. The molecule has 0 bridgehead atoms. The van der Waals surface area contributed by atoms with E-state index in [0.29, 0.717) is 22.9 Å². The summed E-state index contributed by atoms with van der Waals surface area (Å²) in [7, 11) is 0. The van der Waals surface area contributed by atoms with Gasteiger partial charge in [0.2, 0.25) is 0 Å². The summed E-state index contributed by atoms with van der Waals surface area (Å²) in [5, 5.41) is 0.390. The lowest BCUT2D eigenvalue weighted by Crippen LogP contribution is -2.15. The summed E-state index contributed by atoms with van der Waals surface area (Å²) in [4.78, 5) is 19.8. The maximum atomic E-state index is 11.7. The van der Waals surface area contributed by atoms with E-state index in [1.54, 1.807) is 36.7 Å². The van der Waals surface area contributed by atoms with E-state index < -0.39 is 5.76 Å². The molecular formula is C12H8ClN3O2. The predicted octanol–water partition coefficient (Wildman–Crippen LogP) is 2.09. The molecular weight excluding hydrogens is 254 g/mol. The predicted molar refractivity (Wildman–Crippen MR) is 66.6 cm³/mol. The normalized spacial score (nSPS) is 10.9. The number of aromatic nitrogens is 3. The first-order chi connectivity index (χ1) is 8.74. The van der Waals surface area contributed by atoms with E-state index >= 15 is 0 Å². The molecule has 0 spiro atoms. The van der Waals surface area contributed by atoms with Crippen LogP contribution >= 0.6 is 11.6 Å². The first-order valence-electron chi connectivity index (χ1n) is 5.29. The molecule has 0 unspecified atom stereocenters. The van der Waals surface area contributed by atoms with E-state index in [2.05, 4.69) is 9.97 Å². The third kappa shape index (κ3) is 1.89. The van der Waals surface area contributed by atoms with Gasteiger partial charge >= 0.3 is 5.76 Å². The van der Waals surface area contributed by atoms with Crippen molar-refractivity contribution >= 4 is 22.8 Å². The Morgan fingerprint density at radius 3 is 3.00 bits per heavy atom. The van der Waals surface area contributed by atoms with Crippen LogP contribution in [0.1, 0.15) is 5.56 Å². The summed E-state index contributed by atoms with van der Waals surface area (Å²) in [6, 6.07) is 6.93. The number of pyridine rings is 2. The van der Waals surface area contributed by atoms with Crippen LogP contribution in [0.4, 0.5) is 0 Å². The Morgan fingerprint density at radius 1 is 1.28 bits per heavy atom. The average Bonchev–Trinajstić information content (AvgIpc) is 2.66. The van der Waals surface area contributed by atoms with E-state index in [9.17, 15) is 4.79 Å². The van der Waals surface area contributed by atoms with Crippen molar-refractivity contribution in [1.82, 2.24) is 14.5 Å². The van der Waals surface area contributed by atoms with Gasteiger partial charge < -0.3 is 4.42 Å². The van der Waals surface area contributed by atoms with Gasteiger partial charge in [0.1, 0.15) is 5.15 Å². The summed E-state index contributed by atoms with van der Waals surface area (Å²) in [6.07, 6.45) is 3.21. The van der Waals surface area contributed by atoms with Gasteiger partial charge in [-0.1, -0.05) is 11.6 Å². The van der Waals surface area contributed by atoms with Gasteiger partial charge in [-0.3, -0.25) is 4.57 Å². The van der Waals surface area contributed by atoms with Crippen LogP contribution < -0.4 is 5.76 Å². The molecule has 0 amide bonds. The number of halogens is 1. The molecule has 0 saturated carbocycles. The first-order valence-corrected chi connectivity index (χ1v) is 5.66. The third-order valence-corrected chi connectivity index (χ3v) is 2.76. The molecule has 0 aliphatic rings. The van der Waals surface area contributed by atoms with Gasteiger partial charge in [0, 0.05) is 12.4 Å².